The first kappa shape index (κ1) is 41.5. The standard InChI is InChI=1S/C35H61N7O7/c1-7-9-10-15-19-28-22(3)35(48)42(6)27(16-8-2)33(46)41-30(24-17-13-11-12-14-18-24)34(47)40-26(21-37-5)32(45)39-25(20-29(36)43)31(44)38-23(4)49-28/h23-27,30,37H,7-21H2,1-6H3,(H2,36,43)(H,38,44)(H,39,45)(H,40,47)(H,41,46)/b28-22-/t23-,25?,26?,27?,30?/m0/s1. The van der Waals surface area contributed by atoms with Crippen LogP contribution in [0.2, 0.25) is 0 Å². The van der Waals surface area contributed by atoms with Gasteiger partial charge in [0, 0.05) is 20.0 Å². The molecule has 0 radical (unpaired) electrons. The molecule has 0 spiro atoms. The smallest absolute Gasteiger partial charge is 0.253 e. The minimum atomic E-state index is -1.36. The Morgan fingerprint density at radius 1 is 0.857 bits per heavy atom. The summed E-state index contributed by atoms with van der Waals surface area (Å²) in [5, 5.41) is 13.9. The lowest BCUT2D eigenvalue weighted by Gasteiger charge is -2.33. The van der Waals surface area contributed by atoms with Gasteiger partial charge in [-0.15, -0.1) is 0 Å². The molecule has 6 amide bonds. The van der Waals surface area contributed by atoms with E-state index in [1.54, 1.807) is 27.9 Å². The molecule has 2 rings (SSSR count). The summed E-state index contributed by atoms with van der Waals surface area (Å²) >= 11 is 0. The molecule has 14 nitrogen and oxygen atoms in total. The van der Waals surface area contributed by atoms with Crippen LogP contribution in [0.15, 0.2) is 11.3 Å². The quantitative estimate of drug-likeness (QED) is 0.132. The van der Waals surface area contributed by atoms with E-state index >= 15 is 0 Å². The molecule has 1 heterocycles. The van der Waals surface area contributed by atoms with E-state index in [-0.39, 0.29) is 12.5 Å². The minimum Gasteiger partial charge on any atom is -0.475 e. The highest BCUT2D eigenvalue weighted by atomic mass is 16.5. The zero-order valence-corrected chi connectivity index (χ0v) is 30.5. The molecule has 0 aromatic rings. The van der Waals surface area contributed by atoms with Gasteiger partial charge in [-0.3, -0.25) is 28.8 Å². The fourth-order valence-electron chi connectivity index (χ4n) is 6.54. The van der Waals surface area contributed by atoms with Crippen LogP contribution in [0.1, 0.15) is 118 Å². The first-order chi connectivity index (χ1) is 23.3. The van der Waals surface area contributed by atoms with Crippen LogP contribution in [0.5, 0.6) is 0 Å². The SMILES string of the molecule is CCCCCC/C1=C(\C)C(=O)N(C)C(CCC)C(=O)NC(C2CCCCCC2)C(=O)NC(CNC)C(=O)NC(CC(N)=O)C(=O)N[C@H](C)O1. The van der Waals surface area contributed by atoms with E-state index in [1.165, 1.54) is 4.90 Å². The zero-order valence-electron chi connectivity index (χ0n) is 30.5. The van der Waals surface area contributed by atoms with Crippen molar-refractivity contribution in [1.29, 1.82) is 0 Å². The van der Waals surface area contributed by atoms with Crippen LogP contribution >= 0.6 is 0 Å². The average molecular weight is 692 g/mol. The molecule has 4 unspecified atom stereocenters. The molecule has 5 atom stereocenters. The van der Waals surface area contributed by atoms with Crippen molar-refractivity contribution < 1.29 is 33.5 Å². The Bertz CT molecular complexity index is 1170. The number of ether oxygens (including phenoxy) is 1. The van der Waals surface area contributed by atoms with E-state index in [4.69, 9.17) is 10.5 Å². The molecular formula is C35H61N7O7. The summed E-state index contributed by atoms with van der Waals surface area (Å²) in [7, 11) is 3.19. The third kappa shape index (κ3) is 13.3. The van der Waals surface area contributed by atoms with Crippen LogP contribution in [-0.2, 0) is 33.5 Å². The maximum atomic E-state index is 14.1. The number of carbonyl (C=O) groups is 6. The number of nitrogens with two attached hydrogens (primary N) is 1. The largest absolute Gasteiger partial charge is 0.475 e. The summed E-state index contributed by atoms with van der Waals surface area (Å²) in [6, 6.07) is -4.32. The molecule has 14 heteroatoms. The maximum absolute atomic E-state index is 14.1. The number of unbranched alkanes of at least 4 members (excludes halogenated alkanes) is 3. The van der Waals surface area contributed by atoms with Crippen molar-refractivity contribution in [3.05, 3.63) is 11.3 Å². The molecule has 49 heavy (non-hydrogen) atoms. The minimum absolute atomic E-state index is 0.00843. The summed E-state index contributed by atoms with van der Waals surface area (Å²) < 4.78 is 6.17. The number of carbonyl (C=O) groups excluding carboxylic acids is 6. The van der Waals surface area contributed by atoms with Crippen LogP contribution in [0.3, 0.4) is 0 Å². The Kier molecular flexibility index (Phi) is 18.1. The highest BCUT2D eigenvalue weighted by molar-refractivity contribution is 5.99. The number of primary amides is 1. The molecule has 0 aromatic carbocycles. The summed E-state index contributed by atoms with van der Waals surface area (Å²) in [6.07, 6.45) is 8.90. The molecule has 1 fully saturated rings. The van der Waals surface area contributed by atoms with Crippen molar-refractivity contribution in [2.75, 3.05) is 20.6 Å². The Hall–Kier alpha value is -3.68. The van der Waals surface area contributed by atoms with Gasteiger partial charge >= 0.3 is 0 Å². The molecule has 2 aliphatic rings. The van der Waals surface area contributed by atoms with Crippen LogP contribution < -0.4 is 32.3 Å². The number of hydrogen-bond acceptors (Lipinski definition) is 8. The van der Waals surface area contributed by atoms with Gasteiger partial charge in [0.25, 0.3) is 5.91 Å². The number of hydrogen-bond donors (Lipinski definition) is 6. The Morgan fingerprint density at radius 2 is 1.49 bits per heavy atom. The fraction of sp³-hybridized carbons (Fsp3) is 0.771. The highest BCUT2D eigenvalue weighted by Gasteiger charge is 2.37. The van der Waals surface area contributed by atoms with Crippen molar-refractivity contribution in [3.8, 4) is 0 Å². The van der Waals surface area contributed by atoms with E-state index in [0.717, 1.165) is 51.4 Å². The molecule has 0 aromatic heterocycles. The molecule has 1 aliphatic carbocycles. The lowest BCUT2D eigenvalue weighted by atomic mass is 9.90. The van der Waals surface area contributed by atoms with E-state index in [1.807, 2.05) is 6.92 Å². The first-order valence-electron chi connectivity index (χ1n) is 18.1. The lowest BCUT2D eigenvalue weighted by Crippen LogP contribution is -2.62. The number of amides is 6. The van der Waals surface area contributed by atoms with Gasteiger partial charge in [0.2, 0.25) is 29.5 Å². The molecule has 1 saturated carbocycles. The predicted molar refractivity (Wildman–Crippen MR) is 186 cm³/mol. The van der Waals surface area contributed by atoms with E-state index in [0.29, 0.717) is 43.4 Å². The normalized spacial score (nSPS) is 27.5. The van der Waals surface area contributed by atoms with Crippen LogP contribution in [0.25, 0.3) is 0 Å². The van der Waals surface area contributed by atoms with Gasteiger partial charge in [0.15, 0.2) is 6.23 Å². The Morgan fingerprint density at radius 3 is 2.08 bits per heavy atom. The Balaban J connectivity index is 2.65. The van der Waals surface area contributed by atoms with E-state index in [9.17, 15) is 28.8 Å². The van der Waals surface area contributed by atoms with Gasteiger partial charge < -0.3 is 42.0 Å². The highest BCUT2D eigenvalue weighted by Crippen LogP contribution is 2.27. The van der Waals surface area contributed by atoms with Gasteiger partial charge in [0.05, 0.1) is 12.0 Å². The van der Waals surface area contributed by atoms with Gasteiger partial charge in [-0.2, -0.15) is 0 Å². The molecule has 0 saturated heterocycles. The molecule has 7 N–H and O–H groups in total. The van der Waals surface area contributed by atoms with Gasteiger partial charge in [-0.1, -0.05) is 65.2 Å². The van der Waals surface area contributed by atoms with Crippen LogP contribution in [-0.4, -0.2) is 91.4 Å². The van der Waals surface area contributed by atoms with E-state index in [2.05, 4.69) is 33.5 Å². The number of nitrogens with one attached hydrogen (secondary N) is 5. The monoisotopic (exact) mass is 691 g/mol. The summed E-state index contributed by atoms with van der Waals surface area (Å²) in [5.74, 6) is -3.43. The van der Waals surface area contributed by atoms with Gasteiger partial charge in [0.1, 0.15) is 29.9 Å². The van der Waals surface area contributed by atoms with Crippen LogP contribution in [0.4, 0.5) is 0 Å². The first-order valence-corrected chi connectivity index (χ1v) is 18.1. The van der Waals surface area contributed by atoms with Gasteiger partial charge in [-0.05, 0) is 52.5 Å². The fourth-order valence-corrected chi connectivity index (χ4v) is 6.54. The van der Waals surface area contributed by atoms with Crippen molar-refractivity contribution >= 4 is 35.4 Å². The second kappa shape index (κ2) is 21.4. The number of likely N-dealkylation sites (N-methyl/N-ethyl adjacent to an activating group) is 2. The number of nitrogens with zero attached hydrogens (tertiary/aromatic N) is 1. The predicted octanol–water partition coefficient (Wildman–Crippen LogP) is 1.87. The second-order valence-electron chi connectivity index (χ2n) is 13.4. The van der Waals surface area contributed by atoms with Crippen molar-refractivity contribution in [2.24, 2.45) is 11.7 Å². The third-order valence-electron chi connectivity index (χ3n) is 9.34. The van der Waals surface area contributed by atoms with Crippen molar-refractivity contribution in [3.63, 3.8) is 0 Å². The maximum Gasteiger partial charge on any atom is 0.253 e. The summed E-state index contributed by atoms with van der Waals surface area (Å²) in [6.45, 7) is 7.25. The zero-order chi connectivity index (χ0) is 36.5. The lowest BCUT2D eigenvalue weighted by molar-refractivity contribution is -0.139. The number of allylic oxidation sites excluding steroid dienone is 1. The van der Waals surface area contributed by atoms with E-state index < -0.39 is 72.3 Å². The molecule has 0 bridgehead atoms. The summed E-state index contributed by atoms with van der Waals surface area (Å²) in [4.78, 5) is 82.4. The Labute approximate surface area is 291 Å². The molecule has 278 valence electrons. The average Bonchev–Trinajstić information content (AvgIpc) is 3.34. The van der Waals surface area contributed by atoms with Gasteiger partial charge in [-0.25, -0.2) is 0 Å². The molecular weight excluding hydrogens is 630 g/mol. The topological polar surface area (TPSA) is 201 Å². The third-order valence-corrected chi connectivity index (χ3v) is 9.34. The number of rotatable bonds is 12. The second-order valence-corrected chi connectivity index (χ2v) is 13.4. The molecule has 1 aliphatic heterocycles. The summed E-state index contributed by atoms with van der Waals surface area (Å²) in [5.41, 5.74) is 5.74. The van der Waals surface area contributed by atoms with Crippen LogP contribution in [0, 0.1) is 5.92 Å². The van der Waals surface area contributed by atoms with Crippen molar-refractivity contribution in [2.45, 2.75) is 148 Å². The van der Waals surface area contributed by atoms with Crippen molar-refractivity contribution in [1.82, 2.24) is 31.5 Å².